The average Bonchev–Trinajstić information content (AvgIpc) is 3.32. The quantitative estimate of drug-likeness (QED) is 0.584. The minimum atomic E-state index is -3.41. The van der Waals surface area contributed by atoms with Gasteiger partial charge in [-0.15, -0.1) is 0 Å². The van der Waals surface area contributed by atoms with Crippen LogP contribution in [0.3, 0.4) is 0 Å². The SMILES string of the molecule is COc1ccc(CCC(=O)NCCOc2ccc(S(=O)(=O)N3CCCC3)cc2)cc1. The Morgan fingerprint density at radius 1 is 1.00 bits per heavy atom. The van der Waals surface area contributed by atoms with Gasteiger partial charge in [-0.3, -0.25) is 4.79 Å². The molecule has 0 atom stereocenters. The molecule has 7 nitrogen and oxygen atoms in total. The maximum atomic E-state index is 12.5. The number of methoxy groups -OCH3 is 1. The van der Waals surface area contributed by atoms with Crippen LogP contribution < -0.4 is 14.8 Å². The number of carbonyl (C=O) groups is 1. The van der Waals surface area contributed by atoms with Crippen LogP contribution in [0.4, 0.5) is 0 Å². The van der Waals surface area contributed by atoms with Crippen molar-refractivity contribution in [3.8, 4) is 11.5 Å². The summed E-state index contributed by atoms with van der Waals surface area (Å²) in [5.41, 5.74) is 1.08. The van der Waals surface area contributed by atoms with Crippen LogP contribution in [0.5, 0.6) is 11.5 Å². The number of carbonyl (C=O) groups excluding carboxylic acids is 1. The van der Waals surface area contributed by atoms with E-state index in [2.05, 4.69) is 5.32 Å². The van der Waals surface area contributed by atoms with E-state index in [0.29, 0.717) is 44.8 Å². The predicted molar refractivity (Wildman–Crippen MR) is 114 cm³/mol. The molecule has 1 fully saturated rings. The number of sulfonamides is 1. The first-order chi connectivity index (χ1) is 14.5. The second kappa shape index (κ2) is 10.4. The second-order valence-electron chi connectivity index (χ2n) is 7.13. The van der Waals surface area contributed by atoms with E-state index in [-0.39, 0.29) is 10.8 Å². The minimum absolute atomic E-state index is 0.0403. The van der Waals surface area contributed by atoms with Crippen LogP contribution in [-0.2, 0) is 21.2 Å². The van der Waals surface area contributed by atoms with Gasteiger partial charge in [-0.2, -0.15) is 4.31 Å². The van der Waals surface area contributed by atoms with E-state index >= 15 is 0 Å². The first kappa shape index (κ1) is 22.1. The topological polar surface area (TPSA) is 84.9 Å². The van der Waals surface area contributed by atoms with E-state index < -0.39 is 10.0 Å². The maximum absolute atomic E-state index is 12.5. The molecule has 30 heavy (non-hydrogen) atoms. The number of nitrogens with one attached hydrogen (secondary N) is 1. The van der Waals surface area contributed by atoms with Crippen LogP contribution in [0.15, 0.2) is 53.4 Å². The third-order valence-electron chi connectivity index (χ3n) is 5.02. The van der Waals surface area contributed by atoms with Crippen molar-refractivity contribution < 1.29 is 22.7 Å². The van der Waals surface area contributed by atoms with Gasteiger partial charge in [-0.05, 0) is 61.2 Å². The van der Waals surface area contributed by atoms with Crippen molar-refractivity contribution in [2.24, 2.45) is 0 Å². The summed E-state index contributed by atoms with van der Waals surface area (Å²) >= 11 is 0. The third-order valence-corrected chi connectivity index (χ3v) is 6.93. The van der Waals surface area contributed by atoms with Crippen molar-refractivity contribution in [3.05, 3.63) is 54.1 Å². The summed E-state index contributed by atoms with van der Waals surface area (Å²) in [6.45, 7) is 1.86. The number of benzene rings is 2. The van der Waals surface area contributed by atoms with Crippen LogP contribution in [-0.4, -0.2) is 52.0 Å². The minimum Gasteiger partial charge on any atom is -0.497 e. The van der Waals surface area contributed by atoms with E-state index in [4.69, 9.17) is 9.47 Å². The summed E-state index contributed by atoms with van der Waals surface area (Å²) in [5.74, 6) is 1.33. The highest BCUT2D eigenvalue weighted by Gasteiger charge is 2.26. The molecule has 162 valence electrons. The lowest BCUT2D eigenvalue weighted by Gasteiger charge is -2.15. The molecule has 0 unspecified atom stereocenters. The van der Waals surface area contributed by atoms with Gasteiger partial charge < -0.3 is 14.8 Å². The summed E-state index contributed by atoms with van der Waals surface area (Å²) < 4.78 is 37.3. The molecular weight excluding hydrogens is 404 g/mol. The van der Waals surface area contributed by atoms with Crippen molar-refractivity contribution >= 4 is 15.9 Å². The van der Waals surface area contributed by atoms with E-state index in [1.807, 2.05) is 24.3 Å². The molecule has 2 aromatic carbocycles. The van der Waals surface area contributed by atoms with Crippen molar-refractivity contribution in [3.63, 3.8) is 0 Å². The van der Waals surface area contributed by atoms with Crippen molar-refractivity contribution in [2.45, 2.75) is 30.6 Å². The lowest BCUT2D eigenvalue weighted by atomic mass is 10.1. The van der Waals surface area contributed by atoms with Gasteiger partial charge in [-0.1, -0.05) is 12.1 Å². The Hall–Kier alpha value is -2.58. The van der Waals surface area contributed by atoms with Gasteiger partial charge in [-0.25, -0.2) is 8.42 Å². The van der Waals surface area contributed by atoms with E-state index in [9.17, 15) is 13.2 Å². The molecule has 8 heteroatoms. The maximum Gasteiger partial charge on any atom is 0.243 e. The van der Waals surface area contributed by atoms with Gasteiger partial charge in [0.05, 0.1) is 18.6 Å². The van der Waals surface area contributed by atoms with Crippen LogP contribution in [0, 0.1) is 0 Å². The highest BCUT2D eigenvalue weighted by atomic mass is 32.2. The fourth-order valence-electron chi connectivity index (χ4n) is 3.28. The van der Waals surface area contributed by atoms with Gasteiger partial charge in [0.1, 0.15) is 18.1 Å². The molecule has 0 spiro atoms. The Morgan fingerprint density at radius 2 is 1.63 bits per heavy atom. The number of rotatable bonds is 10. The van der Waals surface area contributed by atoms with Crippen LogP contribution in [0.1, 0.15) is 24.8 Å². The van der Waals surface area contributed by atoms with Crippen LogP contribution in [0.2, 0.25) is 0 Å². The summed E-state index contributed by atoms with van der Waals surface area (Å²) in [6.07, 6.45) is 2.87. The monoisotopic (exact) mass is 432 g/mol. The molecule has 0 aromatic heterocycles. The van der Waals surface area contributed by atoms with E-state index in [1.54, 1.807) is 31.4 Å². The highest BCUT2D eigenvalue weighted by molar-refractivity contribution is 7.89. The zero-order chi connectivity index (χ0) is 21.4. The lowest BCUT2D eigenvalue weighted by Crippen LogP contribution is -2.28. The molecule has 1 aliphatic heterocycles. The molecule has 3 rings (SSSR count). The number of ether oxygens (including phenoxy) is 2. The average molecular weight is 433 g/mol. The lowest BCUT2D eigenvalue weighted by molar-refractivity contribution is -0.121. The Bertz CT molecular complexity index is 921. The molecule has 1 N–H and O–H groups in total. The normalized spacial score (nSPS) is 14.4. The smallest absolute Gasteiger partial charge is 0.243 e. The molecule has 1 amide bonds. The number of aryl methyl sites for hydroxylation is 1. The predicted octanol–water partition coefficient (Wildman–Crippen LogP) is 2.61. The first-order valence-corrected chi connectivity index (χ1v) is 11.6. The van der Waals surface area contributed by atoms with Crippen molar-refractivity contribution in [1.29, 1.82) is 0 Å². The Balaban J connectivity index is 1.37. The molecule has 0 radical (unpaired) electrons. The highest BCUT2D eigenvalue weighted by Crippen LogP contribution is 2.22. The Kier molecular flexibility index (Phi) is 7.70. The molecule has 0 aliphatic carbocycles. The summed E-state index contributed by atoms with van der Waals surface area (Å²) in [4.78, 5) is 12.3. The number of hydrogen-bond donors (Lipinski definition) is 1. The summed E-state index contributed by atoms with van der Waals surface area (Å²) in [7, 11) is -1.79. The summed E-state index contributed by atoms with van der Waals surface area (Å²) in [5, 5.41) is 2.83. The third kappa shape index (κ3) is 5.96. The molecule has 0 saturated carbocycles. The molecule has 1 aliphatic rings. The number of amides is 1. The first-order valence-electron chi connectivity index (χ1n) is 10.1. The van der Waals surface area contributed by atoms with Crippen molar-refractivity contribution in [2.75, 3.05) is 33.4 Å². The second-order valence-corrected chi connectivity index (χ2v) is 9.07. The molecule has 0 bridgehead atoms. The fraction of sp³-hybridized carbons (Fsp3) is 0.409. The molecular formula is C22H28N2O5S. The fourth-order valence-corrected chi connectivity index (χ4v) is 4.80. The van der Waals surface area contributed by atoms with E-state index in [0.717, 1.165) is 24.2 Å². The molecule has 1 saturated heterocycles. The van der Waals surface area contributed by atoms with Crippen LogP contribution in [0.25, 0.3) is 0 Å². The zero-order valence-corrected chi connectivity index (χ0v) is 18.0. The van der Waals surface area contributed by atoms with E-state index in [1.165, 1.54) is 4.31 Å². The number of hydrogen-bond acceptors (Lipinski definition) is 5. The largest absolute Gasteiger partial charge is 0.497 e. The molecule has 2 aromatic rings. The van der Waals surface area contributed by atoms with Gasteiger partial charge >= 0.3 is 0 Å². The van der Waals surface area contributed by atoms with Crippen LogP contribution >= 0.6 is 0 Å². The Morgan fingerprint density at radius 3 is 2.27 bits per heavy atom. The van der Waals surface area contributed by atoms with Crippen molar-refractivity contribution in [1.82, 2.24) is 9.62 Å². The van der Waals surface area contributed by atoms with Gasteiger partial charge in [0.25, 0.3) is 0 Å². The standard InChI is InChI=1S/C22H28N2O5S/c1-28-19-7-4-18(5-8-19)6-13-22(25)23-14-17-29-20-9-11-21(12-10-20)30(26,27)24-15-2-3-16-24/h4-5,7-12H,2-3,6,13-17H2,1H3,(H,23,25). The van der Waals surface area contributed by atoms with Gasteiger partial charge in [0.2, 0.25) is 15.9 Å². The van der Waals surface area contributed by atoms with Gasteiger partial charge in [0.15, 0.2) is 0 Å². The zero-order valence-electron chi connectivity index (χ0n) is 17.2. The van der Waals surface area contributed by atoms with Gasteiger partial charge in [0, 0.05) is 19.5 Å². The molecule has 1 heterocycles. The summed E-state index contributed by atoms with van der Waals surface area (Å²) in [6, 6.07) is 14.1. The Labute approximate surface area is 178 Å². The number of nitrogens with zero attached hydrogens (tertiary/aromatic N) is 1.